The van der Waals surface area contributed by atoms with Gasteiger partial charge in [0.2, 0.25) is 11.3 Å². The second-order valence-corrected chi connectivity index (χ2v) is 13.0. The van der Waals surface area contributed by atoms with Crippen molar-refractivity contribution >= 4 is 51.0 Å². The fraction of sp³-hybridized carbons (Fsp3) is 0.400. The maximum absolute atomic E-state index is 15.3. The SMILES string of the molecule is CC(=O)NC[C@H]1CN(c2ccc(S(=O)C3CCN(c4cc5c(cc4F)c(=O)c(C(=O)O)cn5C4CC4)CC3)c(F)c2)C(=O)O1. The van der Waals surface area contributed by atoms with Gasteiger partial charge in [0.1, 0.15) is 23.3 Å². The Morgan fingerprint density at radius 1 is 1.07 bits per heavy atom. The number of pyridine rings is 1. The Morgan fingerprint density at radius 3 is 2.43 bits per heavy atom. The minimum absolute atomic E-state index is 0.00846. The van der Waals surface area contributed by atoms with Gasteiger partial charge in [-0.15, -0.1) is 0 Å². The van der Waals surface area contributed by atoms with Crippen molar-refractivity contribution in [2.45, 2.75) is 54.9 Å². The molecule has 2 aromatic carbocycles. The summed E-state index contributed by atoms with van der Waals surface area (Å²) in [4.78, 5) is 50.9. The largest absolute Gasteiger partial charge is 0.477 e. The van der Waals surface area contributed by atoms with E-state index in [1.165, 1.54) is 30.2 Å². The van der Waals surface area contributed by atoms with E-state index in [4.69, 9.17) is 4.74 Å². The number of anilines is 2. The summed E-state index contributed by atoms with van der Waals surface area (Å²) in [5, 5.41) is 11.7. The number of amides is 2. The topological polar surface area (TPSA) is 138 Å². The van der Waals surface area contributed by atoms with E-state index in [-0.39, 0.29) is 46.7 Å². The Bertz CT molecular complexity index is 1770. The van der Waals surface area contributed by atoms with Gasteiger partial charge in [0, 0.05) is 42.9 Å². The first-order chi connectivity index (χ1) is 21.0. The summed E-state index contributed by atoms with van der Waals surface area (Å²) in [5.41, 5.74) is -0.145. The van der Waals surface area contributed by atoms with Crippen LogP contribution < -0.4 is 20.5 Å². The third kappa shape index (κ3) is 5.65. The summed E-state index contributed by atoms with van der Waals surface area (Å²) >= 11 is 0. The minimum Gasteiger partial charge on any atom is -0.477 e. The minimum atomic E-state index is -1.70. The van der Waals surface area contributed by atoms with Crippen LogP contribution in [-0.4, -0.2) is 69.4 Å². The van der Waals surface area contributed by atoms with Crippen LogP contribution in [0.25, 0.3) is 10.9 Å². The molecule has 2 aliphatic heterocycles. The lowest BCUT2D eigenvalue weighted by Gasteiger charge is -2.33. The van der Waals surface area contributed by atoms with E-state index in [1.807, 2.05) is 0 Å². The maximum atomic E-state index is 15.3. The summed E-state index contributed by atoms with van der Waals surface area (Å²) in [7, 11) is -1.70. The Balaban J connectivity index is 1.16. The molecule has 3 heterocycles. The van der Waals surface area contributed by atoms with Crippen molar-refractivity contribution in [2.24, 2.45) is 0 Å². The number of hydrogen-bond acceptors (Lipinski definition) is 7. The fourth-order valence-corrected chi connectivity index (χ4v) is 7.27. The Morgan fingerprint density at radius 2 is 1.80 bits per heavy atom. The number of benzene rings is 2. The number of ether oxygens (including phenoxy) is 1. The molecule has 3 aromatic rings. The quantitative estimate of drug-likeness (QED) is 0.387. The molecule has 14 heteroatoms. The van der Waals surface area contributed by atoms with Crippen molar-refractivity contribution in [3.05, 3.63) is 63.9 Å². The molecule has 1 aromatic heterocycles. The number of piperidine rings is 1. The molecule has 3 aliphatic rings. The van der Waals surface area contributed by atoms with E-state index in [2.05, 4.69) is 5.32 Å². The number of aromatic nitrogens is 1. The normalized spacial score (nSPS) is 19.7. The van der Waals surface area contributed by atoms with Gasteiger partial charge in [0.05, 0.1) is 45.7 Å². The predicted octanol–water partition coefficient (Wildman–Crippen LogP) is 3.55. The molecular weight excluding hydrogens is 598 g/mol. The Labute approximate surface area is 252 Å². The van der Waals surface area contributed by atoms with Crippen LogP contribution in [0, 0.1) is 11.6 Å². The monoisotopic (exact) mass is 628 g/mol. The zero-order valence-electron chi connectivity index (χ0n) is 23.8. The van der Waals surface area contributed by atoms with E-state index in [1.54, 1.807) is 15.5 Å². The highest BCUT2D eigenvalue weighted by Crippen LogP contribution is 2.38. The second kappa shape index (κ2) is 11.6. The van der Waals surface area contributed by atoms with Crippen molar-refractivity contribution in [3.8, 4) is 0 Å². The first-order valence-corrected chi connectivity index (χ1v) is 15.5. The smallest absolute Gasteiger partial charge is 0.414 e. The summed E-state index contributed by atoms with van der Waals surface area (Å²) in [5.74, 6) is -3.00. The number of cyclic esters (lactones) is 1. The van der Waals surface area contributed by atoms with E-state index in [0.29, 0.717) is 31.4 Å². The van der Waals surface area contributed by atoms with E-state index < -0.39 is 56.8 Å². The highest BCUT2D eigenvalue weighted by atomic mass is 32.2. The number of carboxylic acids is 1. The predicted molar refractivity (Wildman–Crippen MR) is 158 cm³/mol. The van der Waals surface area contributed by atoms with Crippen LogP contribution in [0.15, 0.2) is 46.2 Å². The van der Waals surface area contributed by atoms with Crippen molar-refractivity contribution in [1.29, 1.82) is 0 Å². The summed E-state index contributed by atoms with van der Waals surface area (Å²) < 4.78 is 50.9. The van der Waals surface area contributed by atoms with Gasteiger partial charge in [-0.2, -0.15) is 0 Å². The lowest BCUT2D eigenvalue weighted by Crippen LogP contribution is -2.38. The third-order valence-corrected chi connectivity index (χ3v) is 10.1. The summed E-state index contributed by atoms with van der Waals surface area (Å²) in [6.07, 6.45) is 2.53. The molecule has 1 saturated carbocycles. The number of carboxylic acid groups (broad SMARTS) is 1. The number of fused-ring (bicyclic) bond motifs is 1. The van der Waals surface area contributed by atoms with Gasteiger partial charge in [-0.25, -0.2) is 18.4 Å². The van der Waals surface area contributed by atoms with E-state index in [0.717, 1.165) is 25.0 Å². The van der Waals surface area contributed by atoms with Gasteiger partial charge in [0.25, 0.3) is 0 Å². The molecule has 2 saturated heterocycles. The standard InChI is InChI=1S/C30H30F2N4O7S/c1-16(37)33-13-19-14-36(30(41)43-19)18-4-5-27(24(32)10-18)44(42)20-6-8-34(9-7-20)26-12-25-21(11-23(26)31)28(38)22(29(39)40)15-35(25)17-2-3-17/h4-5,10-12,15,17,19-20H,2-3,6-9,13-14H2,1H3,(H,33,37)(H,39,40)/t19-,44?/m0/s1. The van der Waals surface area contributed by atoms with Crippen molar-refractivity contribution in [3.63, 3.8) is 0 Å². The van der Waals surface area contributed by atoms with Gasteiger partial charge in [0.15, 0.2) is 0 Å². The van der Waals surface area contributed by atoms with Gasteiger partial charge in [-0.05, 0) is 56.0 Å². The highest BCUT2D eigenvalue weighted by Gasteiger charge is 2.34. The van der Waals surface area contributed by atoms with Crippen LogP contribution in [0.1, 0.15) is 49.0 Å². The van der Waals surface area contributed by atoms with Gasteiger partial charge in [-0.3, -0.25) is 18.7 Å². The molecule has 2 amide bonds. The van der Waals surface area contributed by atoms with Crippen LogP contribution >= 0.6 is 0 Å². The number of carbonyl (C=O) groups excluding carboxylic acids is 2. The number of hydrogen-bond donors (Lipinski definition) is 2. The van der Waals surface area contributed by atoms with Crippen LogP contribution in [0.5, 0.6) is 0 Å². The van der Waals surface area contributed by atoms with Crippen LogP contribution in [0.2, 0.25) is 0 Å². The van der Waals surface area contributed by atoms with Crippen LogP contribution in [-0.2, 0) is 20.3 Å². The number of rotatable bonds is 8. The summed E-state index contributed by atoms with van der Waals surface area (Å²) in [6, 6.07) is 6.77. The molecule has 3 fully saturated rings. The van der Waals surface area contributed by atoms with Crippen LogP contribution in [0.4, 0.5) is 25.0 Å². The average Bonchev–Trinajstić information content (AvgIpc) is 3.77. The molecule has 232 valence electrons. The third-order valence-electron chi connectivity index (χ3n) is 8.25. The fourth-order valence-electron chi connectivity index (χ4n) is 5.82. The lowest BCUT2D eigenvalue weighted by atomic mass is 10.1. The molecule has 0 spiro atoms. The number of aromatic carboxylic acids is 1. The maximum Gasteiger partial charge on any atom is 0.414 e. The molecule has 11 nitrogen and oxygen atoms in total. The molecule has 0 bridgehead atoms. The first-order valence-electron chi connectivity index (χ1n) is 14.3. The Kier molecular flexibility index (Phi) is 7.86. The molecule has 0 radical (unpaired) electrons. The molecule has 2 atom stereocenters. The molecular formula is C30H30F2N4O7S. The first kappa shape index (κ1) is 29.7. The van der Waals surface area contributed by atoms with Crippen LogP contribution in [0.3, 0.4) is 0 Å². The van der Waals surface area contributed by atoms with Gasteiger partial charge < -0.3 is 24.6 Å². The number of nitrogens with one attached hydrogen (secondary N) is 1. The number of carbonyl (C=O) groups is 3. The van der Waals surface area contributed by atoms with Crippen molar-refractivity contribution in [1.82, 2.24) is 9.88 Å². The highest BCUT2D eigenvalue weighted by molar-refractivity contribution is 7.85. The zero-order chi connectivity index (χ0) is 31.3. The van der Waals surface area contributed by atoms with Crippen molar-refractivity contribution in [2.75, 3.05) is 36.0 Å². The van der Waals surface area contributed by atoms with E-state index >= 15 is 8.78 Å². The van der Waals surface area contributed by atoms with Crippen molar-refractivity contribution < 1.29 is 37.2 Å². The van der Waals surface area contributed by atoms with Gasteiger partial charge in [-0.1, -0.05) is 0 Å². The van der Waals surface area contributed by atoms with E-state index in [9.17, 15) is 28.5 Å². The number of nitrogens with zero attached hydrogens (tertiary/aromatic N) is 3. The molecule has 1 unspecified atom stereocenters. The second-order valence-electron chi connectivity index (χ2n) is 11.3. The summed E-state index contributed by atoms with van der Waals surface area (Å²) in [6.45, 7) is 2.30. The molecule has 2 N–H and O–H groups in total. The molecule has 6 rings (SSSR count). The Hall–Kier alpha value is -4.33. The lowest BCUT2D eigenvalue weighted by molar-refractivity contribution is -0.119. The molecule has 44 heavy (non-hydrogen) atoms. The zero-order valence-corrected chi connectivity index (χ0v) is 24.6. The van der Waals surface area contributed by atoms with Gasteiger partial charge >= 0.3 is 12.1 Å². The average molecular weight is 629 g/mol. The molecule has 1 aliphatic carbocycles. The number of halogens is 2.